The number of para-hydroxylation sites is 1. The van der Waals surface area contributed by atoms with Gasteiger partial charge in [-0.05, 0) is 42.7 Å². The number of halogens is 2. The molecule has 0 spiro atoms. The van der Waals surface area contributed by atoms with Crippen LogP contribution < -0.4 is 25.4 Å². The smallest absolute Gasteiger partial charge is 0.387 e. The highest BCUT2D eigenvalue weighted by atomic mass is 19.3. The molecule has 3 N–H and O–H groups in total. The molecule has 4 aromatic rings. The molecule has 1 aliphatic rings. The van der Waals surface area contributed by atoms with E-state index in [-0.39, 0.29) is 47.2 Å². The first-order valence-corrected chi connectivity index (χ1v) is 14.3. The number of alkyl halides is 2. The summed E-state index contributed by atoms with van der Waals surface area (Å²) in [6, 6.07) is 16.3. The molecule has 0 radical (unpaired) electrons. The van der Waals surface area contributed by atoms with Crippen molar-refractivity contribution in [2.75, 3.05) is 31.8 Å². The number of pyridine rings is 1. The van der Waals surface area contributed by atoms with Crippen molar-refractivity contribution in [1.82, 2.24) is 25.4 Å². The fourth-order valence-corrected chi connectivity index (χ4v) is 4.68. The summed E-state index contributed by atoms with van der Waals surface area (Å²) >= 11 is 0. The number of carbonyl (C=O) groups is 3. The van der Waals surface area contributed by atoms with E-state index in [1.165, 1.54) is 43.5 Å². The fourth-order valence-electron chi connectivity index (χ4n) is 4.68. The Morgan fingerprint density at radius 3 is 2.48 bits per heavy atom. The quantitative estimate of drug-likeness (QED) is 0.199. The molecule has 14 heteroatoms. The summed E-state index contributed by atoms with van der Waals surface area (Å²) in [5, 5.41) is 16.5. The molecule has 2 aromatic carbocycles. The molecular weight excluding hydrogens is 600 g/mol. The zero-order valence-electron chi connectivity index (χ0n) is 25.2. The van der Waals surface area contributed by atoms with E-state index >= 15 is 0 Å². The largest absolute Gasteiger partial charge is 0.494 e. The molecule has 2 heterocycles. The Hall–Kier alpha value is -5.66. The van der Waals surface area contributed by atoms with Gasteiger partial charge in [-0.25, -0.2) is 0 Å². The molecule has 0 saturated heterocycles. The van der Waals surface area contributed by atoms with Crippen LogP contribution in [0, 0.1) is 5.92 Å². The minimum absolute atomic E-state index is 0.00678. The highest BCUT2D eigenvalue weighted by Crippen LogP contribution is 2.38. The third kappa shape index (κ3) is 7.52. The highest BCUT2D eigenvalue weighted by Gasteiger charge is 2.30. The van der Waals surface area contributed by atoms with Crippen molar-refractivity contribution < 1.29 is 32.6 Å². The predicted octanol–water partition coefficient (Wildman–Crippen LogP) is 4.87. The van der Waals surface area contributed by atoms with Gasteiger partial charge in [0.05, 0.1) is 18.5 Å². The average molecular weight is 632 g/mol. The van der Waals surface area contributed by atoms with Gasteiger partial charge in [0.25, 0.3) is 11.8 Å². The summed E-state index contributed by atoms with van der Waals surface area (Å²) in [4.78, 5) is 43.7. The second kappa shape index (κ2) is 14.0. The molecule has 1 aliphatic carbocycles. The van der Waals surface area contributed by atoms with Crippen LogP contribution >= 0.6 is 0 Å². The summed E-state index contributed by atoms with van der Waals surface area (Å²) in [6.07, 6.45) is 3.18. The summed E-state index contributed by atoms with van der Waals surface area (Å²) < 4.78 is 35.4. The molecule has 2 aromatic heterocycles. The maximum absolute atomic E-state index is 13.1. The number of methoxy groups -OCH3 is 1. The monoisotopic (exact) mass is 631 g/mol. The predicted molar refractivity (Wildman–Crippen MR) is 165 cm³/mol. The van der Waals surface area contributed by atoms with Crippen LogP contribution in [0.5, 0.6) is 11.5 Å². The van der Waals surface area contributed by atoms with Crippen molar-refractivity contribution in [2.45, 2.75) is 26.0 Å². The van der Waals surface area contributed by atoms with E-state index in [2.05, 4.69) is 35.9 Å². The van der Waals surface area contributed by atoms with E-state index in [0.717, 1.165) is 12.8 Å². The lowest BCUT2D eigenvalue weighted by Gasteiger charge is -2.18. The van der Waals surface area contributed by atoms with E-state index in [4.69, 9.17) is 4.74 Å². The highest BCUT2D eigenvalue weighted by molar-refractivity contribution is 6.00. The summed E-state index contributed by atoms with van der Waals surface area (Å²) in [6.45, 7) is -2.79. The molecule has 12 nitrogen and oxygen atoms in total. The number of hydrogen-bond donors (Lipinski definition) is 3. The number of aromatic nitrogens is 3. The van der Waals surface area contributed by atoms with Gasteiger partial charge < -0.3 is 30.3 Å². The number of carbonyl (C=O) groups excluding carboxylic acids is 3. The molecule has 0 aliphatic heterocycles. The van der Waals surface area contributed by atoms with Gasteiger partial charge in [-0.2, -0.15) is 8.78 Å². The maximum Gasteiger partial charge on any atom is 0.387 e. The molecule has 5 rings (SSSR count). The summed E-state index contributed by atoms with van der Waals surface area (Å²) in [5.74, 6) is -0.412. The standard InChI is InChI=1S/C32H31F2N7O5/c1-35-30(43)27-25(15-26(39-40-27)38-29(42)19-10-11-19)37-23-9-5-8-22(28(23)45-3)20-12-13-24(36-16-20)31(44)41(2)17-18-6-4-7-21(14-18)46-32(33)34/h4-9,12-16,19,32H,10-11,17H2,1-3H3,(H,35,43)(H2,37,38,39,42). The van der Waals surface area contributed by atoms with E-state index < -0.39 is 12.5 Å². The van der Waals surface area contributed by atoms with Crippen molar-refractivity contribution in [3.8, 4) is 22.6 Å². The summed E-state index contributed by atoms with van der Waals surface area (Å²) in [7, 11) is 4.55. The van der Waals surface area contributed by atoms with Crippen molar-refractivity contribution >= 4 is 34.9 Å². The topological polar surface area (TPSA) is 148 Å². The van der Waals surface area contributed by atoms with Crippen molar-refractivity contribution in [3.05, 3.63) is 83.8 Å². The second-order valence-electron chi connectivity index (χ2n) is 10.5. The Morgan fingerprint density at radius 1 is 1.02 bits per heavy atom. The Kier molecular flexibility index (Phi) is 9.64. The van der Waals surface area contributed by atoms with Crippen LogP contribution in [-0.2, 0) is 11.3 Å². The van der Waals surface area contributed by atoms with Crippen LogP contribution in [0.4, 0.5) is 26.0 Å². The fraction of sp³-hybridized carbons (Fsp3) is 0.250. The van der Waals surface area contributed by atoms with Crippen molar-refractivity contribution in [1.29, 1.82) is 0 Å². The number of hydrogen-bond acceptors (Lipinski definition) is 9. The SMILES string of the molecule is CNC(=O)c1nnc(NC(=O)C2CC2)cc1Nc1cccc(-c2ccc(C(=O)N(C)Cc3cccc(OC(F)F)c3)nc2)c1OC. The Balaban J connectivity index is 1.35. The van der Waals surface area contributed by atoms with Gasteiger partial charge in [-0.3, -0.25) is 19.4 Å². The van der Waals surface area contributed by atoms with Crippen LogP contribution in [0.1, 0.15) is 39.4 Å². The molecule has 0 unspecified atom stereocenters. The molecule has 238 valence electrons. The number of nitrogens with zero attached hydrogens (tertiary/aromatic N) is 4. The molecule has 3 amide bonds. The zero-order valence-corrected chi connectivity index (χ0v) is 25.2. The number of amides is 3. The number of ether oxygens (including phenoxy) is 2. The third-order valence-corrected chi connectivity index (χ3v) is 7.11. The number of benzene rings is 2. The van der Waals surface area contributed by atoms with Crippen molar-refractivity contribution in [2.24, 2.45) is 5.92 Å². The van der Waals surface area contributed by atoms with Crippen molar-refractivity contribution in [3.63, 3.8) is 0 Å². The zero-order chi connectivity index (χ0) is 32.8. The van der Waals surface area contributed by atoms with Crippen LogP contribution in [-0.4, -0.2) is 65.6 Å². The van der Waals surface area contributed by atoms with E-state index in [1.54, 1.807) is 43.4 Å². The maximum atomic E-state index is 13.1. The number of anilines is 3. The van der Waals surface area contributed by atoms with Gasteiger partial charge >= 0.3 is 6.61 Å². The lowest BCUT2D eigenvalue weighted by molar-refractivity contribution is -0.117. The van der Waals surface area contributed by atoms with E-state index in [0.29, 0.717) is 33.8 Å². The number of nitrogens with one attached hydrogen (secondary N) is 3. The molecular formula is C32H31F2N7O5. The lowest BCUT2D eigenvalue weighted by atomic mass is 10.0. The van der Waals surface area contributed by atoms with Crippen LogP contribution in [0.15, 0.2) is 66.9 Å². The summed E-state index contributed by atoms with van der Waals surface area (Å²) in [5.41, 5.74) is 2.89. The normalized spacial score (nSPS) is 12.3. The van der Waals surface area contributed by atoms with Crippen LogP contribution in [0.2, 0.25) is 0 Å². The minimum atomic E-state index is -2.95. The Bertz CT molecular complexity index is 1750. The number of rotatable bonds is 12. The van der Waals surface area contributed by atoms with Crippen LogP contribution in [0.3, 0.4) is 0 Å². The van der Waals surface area contributed by atoms with E-state index in [1.807, 2.05) is 6.07 Å². The first kappa shape index (κ1) is 31.8. The first-order valence-electron chi connectivity index (χ1n) is 14.3. The Morgan fingerprint density at radius 2 is 1.80 bits per heavy atom. The second-order valence-corrected chi connectivity index (χ2v) is 10.5. The average Bonchev–Trinajstić information content (AvgIpc) is 3.90. The first-order chi connectivity index (χ1) is 22.2. The Labute approximate surface area is 263 Å². The molecule has 1 saturated carbocycles. The molecule has 46 heavy (non-hydrogen) atoms. The minimum Gasteiger partial charge on any atom is -0.494 e. The lowest BCUT2D eigenvalue weighted by Crippen LogP contribution is -2.27. The molecule has 1 fully saturated rings. The van der Waals surface area contributed by atoms with Gasteiger partial charge in [0.15, 0.2) is 11.5 Å². The van der Waals surface area contributed by atoms with Gasteiger partial charge in [-0.15, -0.1) is 10.2 Å². The van der Waals surface area contributed by atoms with Crippen LogP contribution in [0.25, 0.3) is 11.1 Å². The van der Waals surface area contributed by atoms with Gasteiger partial charge in [-0.1, -0.05) is 30.3 Å². The van der Waals surface area contributed by atoms with E-state index in [9.17, 15) is 23.2 Å². The molecule has 0 atom stereocenters. The molecule has 0 bridgehead atoms. The van der Waals surface area contributed by atoms with Gasteiger partial charge in [0.1, 0.15) is 17.2 Å². The van der Waals surface area contributed by atoms with Gasteiger partial charge in [0, 0.05) is 49.9 Å². The van der Waals surface area contributed by atoms with Gasteiger partial charge in [0.2, 0.25) is 5.91 Å². The third-order valence-electron chi connectivity index (χ3n) is 7.11.